The molecule has 52 valence electrons. The van der Waals surface area contributed by atoms with Gasteiger partial charge in [-0.2, -0.15) is 0 Å². The van der Waals surface area contributed by atoms with Crippen LogP contribution in [0.5, 0.6) is 0 Å². The Hall–Kier alpha value is -0.820. The van der Waals surface area contributed by atoms with E-state index in [0.29, 0.717) is 0 Å². The molecule has 1 aromatic carbocycles. The van der Waals surface area contributed by atoms with Crippen molar-refractivity contribution < 1.29 is 0 Å². The Morgan fingerprint density at radius 1 is 1.10 bits per heavy atom. The lowest BCUT2D eigenvalue weighted by atomic mass is 10.3. The summed E-state index contributed by atoms with van der Waals surface area (Å²) in [6.45, 7) is 2.62. The van der Waals surface area contributed by atoms with Gasteiger partial charge in [-0.1, -0.05) is 18.2 Å². The lowest BCUT2D eigenvalue weighted by Gasteiger charge is -2.09. The number of rotatable bonds is 1. The largest absolute Gasteiger partial charge is 0.284 e. The van der Waals surface area contributed by atoms with Crippen molar-refractivity contribution in [2.45, 2.75) is 0 Å². The Balaban J connectivity index is 2.35. The van der Waals surface area contributed by atoms with Gasteiger partial charge < -0.3 is 0 Å². The fraction of sp³-hybridized carbons (Fsp3) is 0.333. The molecule has 10 heavy (non-hydrogen) atoms. The molecule has 0 amide bonds. The standard InChI is InChI=1S/C9H12N/c1-10(7-8-10)9-5-3-2-4-6-9/h2-6H,7-8H2,1H3/q+1. The molecule has 1 heteroatoms. The lowest BCUT2D eigenvalue weighted by Crippen LogP contribution is -2.17. The highest BCUT2D eigenvalue weighted by molar-refractivity contribution is 5.45. The molecule has 0 saturated carbocycles. The van der Waals surface area contributed by atoms with Gasteiger partial charge in [0.1, 0.15) is 18.8 Å². The molecule has 1 aromatic rings. The average Bonchev–Trinajstić information content (AvgIpc) is 2.72. The van der Waals surface area contributed by atoms with E-state index in [1.54, 1.807) is 0 Å². The SMILES string of the molecule is C[N+]1(c2ccccc2)CC1. The molecule has 0 unspecified atom stereocenters. The van der Waals surface area contributed by atoms with Crippen molar-refractivity contribution in [3.63, 3.8) is 0 Å². The van der Waals surface area contributed by atoms with Crippen LogP contribution in [0, 0.1) is 0 Å². The van der Waals surface area contributed by atoms with Crippen LogP contribution in [0.3, 0.4) is 0 Å². The van der Waals surface area contributed by atoms with E-state index in [0.717, 1.165) is 4.48 Å². The van der Waals surface area contributed by atoms with Gasteiger partial charge in [0.05, 0.1) is 7.05 Å². The fourth-order valence-electron chi connectivity index (χ4n) is 1.20. The van der Waals surface area contributed by atoms with Gasteiger partial charge in [0.15, 0.2) is 0 Å². The first-order valence-electron chi connectivity index (χ1n) is 3.71. The van der Waals surface area contributed by atoms with Crippen LogP contribution in [-0.4, -0.2) is 20.1 Å². The Kier molecular flexibility index (Phi) is 1.08. The molecule has 1 nitrogen and oxygen atoms in total. The highest BCUT2D eigenvalue weighted by Gasteiger charge is 2.38. The summed E-state index contributed by atoms with van der Waals surface area (Å²) < 4.78 is 1.14. The molecule has 0 aromatic heterocycles. The minimum atomic E-state index is 1.14. The third-order valence-corrected chi connectivity index (χ3v) is 2.27. The highest BCUT2D eigenvalue weighted by atomic mass is 15.5. The van der Waals surface area contributed by atoms with Gasteiger partial charge >= 0.3 is 0 Å². The van der Waals surface area contributed by atoms with Gasteiger partial charge in [-0.3, -0.25) is 4.48 Å². The Morgan fingerprint density at radius 3 is 2.20 bits per heavy atom. The van der Waals surface area contributed by atoms with Crippen LogP contribution in [0.1, 0.15) is 0 Å². The van der Waals surface area contributed by atoms with Crippen LogP contribution in [0.2, 0.25) is 0 Å². The van der Waals surface area contributed by atoms with E-state index in [1.807, 2.05) is 0 Å². The van der Waals surface area contributed by atoms with Crippen molar-refractivity contribution in [3.8, 4) is 0 Å². The summed E-state index contributed by atoms with van der Waals surface area (Å²) in [5.74, 6) is 0. The normalized spacial score (nSPS) is 20.5. The predicted molar refractivity (Wildman–Crippen MR) is 43.9 cm³/mol. The smallest absolute Gasteiger partial charge is 0.134 e. The van der Waals surface area contributed by atoms with Crippen molar-refractivity contribution in [1.29, 1.82) is 0 Å². The van der Waals surface area contributed by atoms with E-state index in [4.69, 9.17) is 0 Å². The molecule has 1 fully saturated rings. The summed E-state index contributed by atoms with van der Waals surface area (Å²) in [6.07, 6.45) is 0. The molecule has 1 aliphatic rings. The first kappa shape index (κ1) is 5.93. The molecule has 0 spiro atoms. The number of benzene rings is 1. The summed E-state index contributed by atoms with van der Waals surface area (Å²) in [7, 11) is 2.27. The van der Waals surface area contributed by atoms with Crippen LogP contribution < -0.4 is 4.48 Å². The topological polar surface area (TPSA) is 0 Å². The third-order valence-electron chi connectivity index (χ3n) is 2.27. The van der Waals surface area contributed by atoms with Crippen molar-refractivity contribution >= 4 is 5.69 Å². The van der Waals surface area contributed by atoms with E-state index in [1.165, 1.54) is 18.8 Å². The third kappa shape index (κ3) is 0.830. The fourth-order valence-corrected chi connectivity index (χ4v) is 1.20. The first-order valence-corrected chi connectivity index (χ1v) is 3.71. The van der Waals surface area contributed by atoms with Crippen molar-refractivity contribution in [1.82, 2.24) is 4.48 Å². The minimum Gasteiger partial charge on any atom is -0.284 e. The van der Waals surface area contributed by atoms with Crippen LogP contribution in [0.25, 0.3) is 0 Å². The number of para-hydroxylation sites is 1. The van der Waals surface area contributed by atoms with Gasteiger partial charge in [-0.15, -0.1) is 0 Å². The summed E-state index contributed by atoms with van der Waals surface area (Å²) in [4.78, 5) is 0. The summed E-state index contributed by atoms with van der Waals surface area (Å²) >= 11 is 0. The molecule has 1 saturated heterocycles. The maximum atomic E-state index is 2.27. The van der Waals surface area contributed by atoms with E-state index in [-0.39, 0.29) is 0 Å². The maximum absolute atomic E-state index is 2.27. The number of quaternary nitrogens is 1. The molecule has 1 heterocycles. The zero-order valence-electron chi connectivity index (χ0n) is 6.25. The van der Waals surface area contributed by atoms with Crippen molar-refractivity contribution in [2.24, 2.45) is 0 Å². The van der Waals surface area contributed by atoms with E-state index < -0.39 is 0 Å². The Labute approximate surface area is 61.5 Å². The number of likely N-dealkylation sites (N-methyl/N-ethyl adjacent to an activating group) is 1. The van der Waals surface area contributed by atoms with E-state index in [2.05, 4.69) is 37.4 Å². The molecule has 0 aliphatic carbocycles. The minimum absolute atomic E-state index is 1.14. The van der Waals surface area contributed by atoms with Crippen molar-refractivity contribution in [2.75, 3.05) is 20.1 Å². The first-order chi connectivity index (χ1) is 4.81. The van der Waals surface area contributed by atoms with Gasteiger partial charge in [0.2, 0.25) is 0 Å². The number of nitrogens with zero attached hydrogens (tertiary/aromatic N) is 1. The van der Waals surface area contributed by atoms with Gasteiger partial charge in [0, 0.05) is 0 Å². The van der Waals surface area contributed by atoms with Gasteiger partial charge in [-0.25, -0.2) is 0 Å². The zero-order valence-corrected chi connectivity index (χ0v) is 6.25. The highest BCUT2D eigenvalue weighted by Crippen LogP contribution is 2.28. The average molecular weight is 134 g/mol. The molecule has 0 N–H and O–H groups in total. The van der Waals surface area contributed by atoms with Crippen molar-refractivity contribution in [3.05, 3.63) is 30.3 Å². The van der Waals surface area contributed by atoms with E-state index in [9.17, 15) is 0 Å². The molecule has 1 aliphatic heterocycles. The molecular formula is C9H12N+. The summed E-state index contributed by atoms with van der Waals surface area (Å²) in [5.41, 5.74) is 1.45. The molecule has 0 bridgehead atoms. The number of hydrogen-bond acceptors (Lipinski definition) is 0. The molecular weight excluding hydrogens is 122 g/mol. The Bertz CT molecular complexity index is 224. The zero-order chi connectivity index (χ0) is 7.03. The molecule has 2 rings (SSSR count). The predicted octanol–water partition coefficient (Wildman–Crippen LogP) is 1.64. The number of hydrogen-bond donors (Lipinski definition) is 0. The maximum Gasteiger partial charge on any atom is 0.134 e. The lowest BCUT2D eigenvalue weighted by molar-refractivity contribution is 0.660. The summed E-state index contributed by atoms with van der Waals surface area (Å²) in [5, 5.41) is 0. The van der Waals surface area contributed by atoms with Crippen LogP contribution in [0.4, 0.5) is 5.69 Å². The Morgan fingerprint density at radius 2 is 1.70 bits per heavy atom. The second-order valence-electron chi connectivity index (χ2n) is 3.18. The monoisotopic (exact) mass is 134 g/mol. The molecule has 0 radical (unpaired) electrons. The van der Waals surface area contributed by atoms with Gasteiger partial charge in [0.25, 0.3) is 0 Å². The molecule has 0 atom stereocenters. The van der Waals surface area contributed by atoms with E-state index >= 15 is 0 Å². The quantitative estimate of drug-likeness (QED) is 0.404. The van der Waals surface area contributed by atoms with Crippen LogP contribution in [0.15, 0.2) is 30.3 Å². The second-order valence-corrected chi connectivity index (χ2v) is 3.18. The van der Waals surface area contributed by atoms with Crippen LogP contribution in [-0.2, 0) is 0 Å². The summed E-state index contributed by atoms with van der Waals surface area (Å²) in [6, 6.07) is 10.7. The van der Waals surface area contributed by atoms with Gasteiger partial charge in [-0.05, 0) is 12.1 Å². The second kappa shape index (κ2) is 1.83. The van der Waals surface area contributed by atoms with Crippen LogP contribution >= 0.6 is 0 Å².